The van der Waals surface area contributed by atoms with E-state index in [1.54, 1.807) is 31.7 Å². The Morgan fingerprint density at radius 3 is 2.59 bits per heavy atom. The van der Waals surface area contributed by atoms with Crippen molar-refractivity contribution >= 4 is 17.7 Å². The number of hydrogen-bond acceptors (Lipinski definition) is 7. The predicted octanol–water partition coefficient (Wildman–Crippen LogP) is 3.08. The van der Waals surface area contributed by atoms with Gasteiger partial charge in [0.05, 0.1) is 12.7 Å². The molecule has 1 saturated carbocycles. The number of benzene rings is 1. The smallest absolute Gasteiger partial charge is 0.411 e. The van der Waals surface area contributed by atoms with Crippen LogP contribution in [0.5, 0.6) is 0 Å². The molecule has 5 atom stereocenters. The fourth-order valence-electron chi connectivity index (χ4n) is 6.56. The number of piperidine rings is 1. The first-order chi connectivity index (χ1) is 18.6. The van der Waals surface area contributed by atoms with Gasteiger partial charge in [0.15, 0.2) is 0 Å². The van der Waals surface area contributed by atoms with E-state index in [1.165, 1.54) is 6.07 Å². The van der Waals surface area contributed by atoms with Gasteiger partial charge in [-0.3, -0.25) is 14.6 Å². The van der Waals surface area contributed by atoms with Gasteiger partial charge in [-0.05, 0) is 70.1 Å². The minimum absolute atomic E-state index is 0.0283. The summed E-state index contributed by atoms with van der Waals surface area (Å²) in [7, 11) is 0. The van der Waals surface area contributed by atoms with Crippen molar-refractivity contribution in [2.24, 2.45) is 5.92 Å². The molecule has 2 amide bonds. The lowest BCUT2D eigenvalue weighted by atomic mass is 9.97. The van der Waals surface area contributed by atoms with Crippen LogP contribution < -0.4 is 10.2 Å². The van der Waals surface area contributed by atoms with Crippen LogP contribution >= 0.6 is 0 Å². The van der Waals surface area contributed by atoms with Gasteiger partial charge in [-0.15, -0.1) is 0 Å². The van der Waals surface area contributed by atoms with E-state index in [9.17, 15) is 14.9 Å². The number of anilines is 1. The van der Waals surface area contributed by atoms with Crippen LogP contribution in [0.15, 0.2) is 18.2 Å². The molecule has 1 aliphatic carbocycles. The summed E-state index contributed by atoms with van der Waals surface area (Å²) in [6, 6.07) is 6.12. The van der Waals surface area contributed by atoms with Crippen LogP contribution in [0, 0.1) is 23.1 Å². The fraction of sp³-hybridized carbons (Fsp3) is 0.690. The topological polar surface area (TPSA) is 98.1 Å². The molecule has 0 radical (unpaired) electrons. The zero-order chi connectivity index (χ0) is 27.7. The third-order valence-corrected chi connectivity index (χ3v) is 8.49. The van der Waals surface area contributed by atoms with Crippen LogP contribution in [0.4, 0.5) is 14.9 Å². The summed E-state index contributed by atoms with van der Waals surface area (Å²) in [5, 5.41) is 12.6. The number of rotatable bonds is 6. The maximum Gasteiger partial charge on any atom is 0.411 e. The Balaban J connectivity index is 1.19. The Kier molecular flexibility index (Phi) is 8.01. The molecule has 9 nitrogen and oxygen atoms in total. The first-order valence-electron chi connectivity index (χ1n) is 14.2. The average Bonchev–Trinajstić information content (AvgIpc) is 3.66. The second kappa shape index (κ2) is 11.3. The molecule has 5 rings (SSSR count). The Labute approximate surface area is 230 Å². The third-order valence-electron chi connectivity index (χ3n) is 8.49. The number of piperazine rings is 1. The Morgan fingerprint density at radius 2 is 1.95 bits per heavy atom. The molecular weight excluding hydrogens is 501 g/mol. The van der Waals surface area contributed by atoms with Gasteiger partial charge < -0.3 is 19.7 Å². The lowest BCUT2D eigenvalue weighted by Gasteiger charge is -2.38. The average molecular weight is 542 g/mol. The summed E-state index contributed by atoms with van der Waals surface area (Å²) in [6.07, 6.45) is 3.09. The lowest BCUT2D eigenvalue weighted by Crippen LogP contribution is -2.55. The number of halogens is 1. The largest absolute Gasteiger partial charge is 0.444 e. The molecule has 39 heavy (non-hydrogen) atoms. The van der Waals surface area contributed by atoms with E-state index in [0.29, 0.717) is 11.6 Å². The van der Waals surface area contributed by atoms with Crippen LogP contribution in [0.25, 0.3) is 0 Å². The standard InChI is InChI=1S/C29H40FN5O4/c1-29(2,3)39-28(37)35-23-7-5-20(15-23)26(35)27(36)32-21(17-31)14-19-4-6-22(16-25(19)30)33-9-11-34(12-10-33)24-8-13-38-18-24/h4,6,16,20-21,23-24,26H,5,7-15,18H2,1-3H3,(H,32,36)/t20-,21-,23+,24?,26-/m0/s1. The number of likely N-dealkylation sites (tertiary alicyclic amines) is 1. The lowest BCUT2D eigenvalue weighted by molar-refractivity contribution is -0.128. The molecule has 4 aliphatic rings. The van der Waals surface area contributed by atoms with E-state index in [0.717, 1.165) is 70.8 Å². The first kappa shape index (κ1) is 27.7. The Bertz CT molecular complexity index is 1100. The summed E-state index contributed by atoms with van der Waals surface area (Å²) >= 11 is 0. The van der Waals surface area contributed by atoms with Crippen molar-refractivity contribution in [3.8, 4) is 6.07 Å². The van der Waals surface area contributed by atoms with E-state index in [2.05, 4.69) is 21.2 Å². The molecule has 3 aliphatic heterocycles. The third kappa shape index (κ3) is 6.15. The van der Waals surface area contributed by atoms with Crippen molar-refractivity contribution in [2.75, 3.05) is 44.3 Å². The number of nitriles is 1. The SMILES string of the molecule is CC(C)(C)OC(=O)N1[C@@H]2CC[C@@H](C2)[C@H]1C(=O)N[C@H](C#N)Cc1ccc(N2CCN(C3CCOC3)CC2)cc1F. The van der Waals surface area contributed by atoms with Crippen molar-refractivity contribution in [3.63, 3.8) is 0 Å². The van der Waals surface area contributed by atoms with Crippen molar-refractivity contribution in [1.82, 2.24) is 15.1 Å². The minimum Gasteiger partial charge on any atom is -0.444 e. The van der Waals surface area contributed by atoms with Gasteiger partial charge in [0.25, 0.3) is 0 Å². The van der Waals surface area contributed by atoms with Gasteiger partial charge in [-0.1, -0.05) is 6.07 Å². The summed E-state index contributed by atoms with van der Waals surface area (Å²) in [5.41, 5.74) is 0.535. The van der Waals surface area contributed by atoms with Crippen LogP contribution in [-0.4, -0.2) is 91.0 Å². The van der Waals surface area contributed by atoms with Crippen molar-refractivity contribution < 1.29 is 23.5 Å². The van der Waals surface area contributed by atoms with E-state index in [4.69, 9.17) is 9.47 Å². The predicted molar refractivity (Wildman–Crippen MR) is 144 cm³/mol. The maximum absolute atomic E-state index is 15.2. The van der Waals surface area contributed by atoms with E-state index >= 15 is 4.39 Å². The van der Waals surface area contributed by atoms with E-state index in [-0.39, 0.29) is 30.1 Å². The molecule has 4 fully saturated rings. The highest BCUT2D eigenvalue weighted by molar-refractivity contribution is 5.87. The quantitative estimate of drug-likeness (QED) is 0.591. The molecule has 1 aromatic rings. The van der Waals surface area contributed by atoms with Crippen molar-refractivity contribution in [1.29, 1.82) is 5.26 Å². The molecule has 1 aromatic carbocycles. The summed E-state index contributed by atoms with van der Waals surface area (Å²) in [4.78, 5) is 32.4. The van der Waals surface area contributed by atoms with Gasteiger partial charge in [0, 0.05) is 57.0 Å². The number of hydrogen-bond donors (Lipinski definition) is 1. The zero-order valence-corrected chi connectivity index (χ0v) is 23.2. The second-order valence-corrected chi connectivity index (χ2v) is 12.3. The second-order valence-electron chi connectivity index (χ2n) is 12.3. The van der Waals surface area contributed by atoms with E-state index < -0.39 is 23.8 Å². The van der Waals surface area contributed by atoms with Gasteiger partial charge in [-0.25, -0.2) is 9.18 Å². The molecule has 0 aromatic heterocycles. The monoisotopic (exact) mass is 541 g/mol. The summed E-state index contributed by atoms with van der Waals surface area (Å²) in [6.45, 7) is 10.5. The highest BCUT2D eigenvalue weighted by Gasteiger charge is 2.52. The fourth-order valence-corrected chi connectivity index (χ4v) is 6.56. The van der Waals surface area contributed by atoms with Gasteiger partial charge in [-0.2, -0.15) is 5.26 Å². The van der Waals surface area contributed by atoms with E-state index in [1.807, 2.05) is 6.07 Å². The highest BCUT2D eigenvalue weighted by atomic mass is 19.1. The van der Waals surface area contributed by atoms with Crippen LogP contribution in [0.3, 0.4) is 0 Å². The molecule has 1 unspecified atom stereocenters. The van der Waals surface area contributed by atoms with Crippen LogP contribution in [0.2, 0.25) is 0 Å². The molecule has 3 saturated heterocycles. The van der Waals surface area contributed by atoms with Gasteiger partial charge in [0.2, 0.25) is 5.91 Å². The number of carbonyl (C=O) groups is 2. The minimum atomic E-state index is -0.908. The zero-order valence-electron chi connectivity index (χ0n) is 23.2. The maximum atomic E-state index is 15.2. The molecular formula is C29H40FN5O4. The molecule has 1 N–H and O–H groups in total. The van der Waals surface area contributed by atoms with Gasteiger partial charge >= 0.3 is 6.09 Å². The van der Waals surface area contributed by atoms with Gasteiger partial charge in [0.1, 0.15) is 23.5 Å². The molecule has 3 heterocycles. The summed E-state index contributed by atoms with van der Waals surface area (Å²) in [5.74, 6) is -0.717. The number of carbonyl (C=O) groups excluding carboxylic acids is 2. The molecule has 2 bridgehead atoms. The molecule has 10 heteroatoms. The highest BCUT2D eigenvalue weighted by Crippen LogP contribution is 2.43. The van der Waals surface area contributed by atoms with Crippen LogP contribution in [-0.2, 0) is 20.7 Å². The van der Waals surface area contributed by atoms with Crippen molar-refractivity contribution in [2.45, 2.75) is 82.6 Å². The van der Waals surface area contributed by atoms with Crippen molar-refractivity contribution in [3.05, 3.63) is 29.6 Å². The normalized spacial score (nSPS) is 27.9. The number of amides is 2. The van der Waals surface area contributed by atoms with Crippen LogP contribution in [0.1, 0.15) is 52.0 Å². The number of fused-ring (bicyclic) bond motifs is 2. The molecule has 212 valence electrons. The first-order valence-corrected chi connectivity index (χ1v) is 14.2. The number of nitrogens with one attached hydrogen (secondary N) is 1. The Hall–Kier alpha value is -2.90. The number of nitrogens with zero attached hydrogens (tertiary/aromatic N) is 4. The molecule has 0 spiro atoms. The Morgan fingerprint density at radius 1 is 1.18 bits per heavy atom. The summed E-state index contributed by atoms with van der Waals surface area (Å²) < 4.78 is 26.2. The number of ether oxygens (including phenoxy) is 2.